The van der Waals surface area contributed by atoms with Gasteiger partial charge in [0.15, 0.2) is 0 Å². The highest BCUT2D eigenvalue weighted by molar-refractivity contribution is 5.79. The molecule has 0 spiro atoms. The zero-order valence-electron chi connectivity index (χ0n) is 15.6. The average Bonchev–Trinajstić information content (AvgIpc) is 2.67. The maximum Gasteiger partial charge on any atom is 0.223 e. The van der Waals surface area contributed by atoms with Crippen molar-refractivity contribution in [3.05, 3.63) is 24.4 Å². The van der Waals surface area contributed by atoms with Crippen LogP contribution in [0.1, 0.15) is 46.0 Å². The Morgan fingerprint density at radius 1 is 1.24 bits per heavy atom. The van der Waals surface area contributed by atoms with Crippen molar-refractivity contribution in [3.8, 4) is 0 Å². The molecule has 136 valence electrons. The molecule has 4 aliphatic rings. The fraction of sp³-hybridized carbons (Fsp3) is 0.714. The predicted molar refractivity (Wildman–Crippen MR) is 100 cm³/mol. The third-order valence-electron chi connectivity index (χ3n) is 7.38. The quantitative estimate of drug-likeness (QED) is 0.912. The van der Waals surface area contributed by atoms with Crippen molar-refractivity contribution in [3.63, 3.8) is 0 Å². The number of amides is 1. The van der Waals surface area contributed by atoms with E-state index in [9.17, 15) is 4.79 Å². The molecule has 4 nitrogen and oxygen atoms in total. The van der Waals surface area contributed by atoms with E-state index in [1.54, 1.807) is 0 Å². The van der Waals surface area contributed by atoms with Crippen molar-refractivity contribution in [1.29, 1.82) is 0 Å². The molecule has 0 aromatic carbocycles. The van der Waals surface area contributed by atoms with Crippen LogP contribution in [0.15, 0.2) is 24.4 Å². The Morgan fingerprint density at radius 3 is 2.68 bits per heavy atom. The van der Waals surface area contributed by atoms with Crippen LogP contribution in [0.2, 0.25) is 0 Å². The third-order valence-corrected chi connectivity index (χ3v) is 7.38. The lowest BCUT2D eigenvalue weighted by Crippen LogP contribution is -2.55. The van der Waals surface area contributed by atoms with Crippen LogP contribution in [0, 0.1) is 29.1 Å². The van der Waals surface area contributed by atoms with Gasteiger partial charge in [0, 0.05) is 31.7 Å². The van der Waals surface area contributed by atoms with E-state index >= 15 is 0 Å². The van der Waals surface area contributed by atoms with Crippen molar-refractivity contribution in [1.82, 2.24) is 10.3 Å². The van der Waals surface area contributed by atoms with Gasteiger partial charge in [-0.15, -0.1) is 0 Å². The lowest BCUT2D eigenvalue weighted by atomic mass is 9.45. The fourth-order valence-electron chi connectivity index (χ4n) is 5.49. The average molecular weight is 341 g/mol. The van der Waals surface area contributed by atoms with Crippen LogP contribution in [0.5, 0.6) is 0 Å². The molecule has 1 N–H and O–H groups in total. The molecular formula is C21H31N3O. The normalized spacial score (nSPS) is 31.3. The van der Waals surface area contributed by atoms with Gasteiger partial charge < -0.3 is 10.2 Å². The highest BCUT2D eigenvalue weighted by Gasteiger charge is 2.53. The number of pyridine rings is 1. The minimum Gasteiger partial charge on any atom is -0.357 e. The molecule has 1 aliphatic heterocycles. The molecule has 2 heterocycles. The van der Waals surface area contributed by atoms with Gasteiger partial charge in [0.25, 0.3) is 0 Å². The Balaban J connectivity index is 1.24. The lowest BCUT2D eigenvalue weighted by molar-refractivity contribution is -0.128. The molecule has 2 bridgehead atoms. The molecule has 1 aromatic rings. The molecule has 0 radical (unpaired) electrons. The minimum atomic E-state index is 0.172. The lowest BCUT2D eigenvalue weighted by Gasteiger charge is -2.60. The Morgan fingerprint density at radius 2 is 2.04 bits per heavy atom. The standard InChI is InChI=1S/C21H31N3O/c1-21(2)17-7-6-16(18(21)13-17)14-23-20(25)15-8-11-24(12-9-15)19-5-3-4-10-22-19/h3-5,10,15-18H,6-9,11-14H2,1-2H3,(H,23,25)/t16-,17-,18-/m0/s1. The van der Waals surface area contributed by atoms with Crippen LogP contribution in [0.4, 0.5) is 5.82 Å². The molecule has 1 amide bonds. The number of rotatable bonds is 4. The van der Waals surface area contributed by atoms with Crippen molar-refractivity contribution >= 4 is 11.7 Å². The van der Waals surface area contributed by atoms with E-state index in [0.29, 0.717) is 11.3 Å². The van der Waals surface area contributed by atoms with Crippen molar-refractivity contribution in [2.24, 2.45) is 29.1 Å². The second kappa shape index (κ2) is 6.62. The second-order valence-electron chi connectivity index (χ2n) is 8.89. The molecule has 1 aromatic heterocycles. The van der Waals surface area contributed by atoms with Crippen molar-refractivity contribution in [2.75, 3.05) is 24.5 Å². The third kappa shape index (κ3) is 3.16. The first-order chi connectivity index (χ1) is 12.1. The molecule has 1 saturated heterocycles. The van der Waals surface area contributed by atoms with Gasteiger partial charge in [-0.25, -0.2) is 4.98 Å². The van der Waals surface area contributed by atoms with Crippen LogP contribution in [0.3, 0.4) is 0 Å². The molecule has 25 heavy (non-hydrogen) atoms. The van der Waals surface area contributed by atoms with E-state index < -0.39 is 0 Å². The van der Waals surface area contributed by atoms with Gasteiger partial charge in [-0.05, 0) is 67.4 Å². The van der Waals surface area contributed by atoms with Gasteiger partial charge in [0.05, 0.1) is 0 Å². The number of carbonyl (C=O) groups excluding carboxylic acids is 1. The largest absolute Gasteiger partial charge is 0.357 e. The highest BCUT2D eigenvalue weighted by atomic mass is 16.1. The van der Waals surface area contributed by atoms with E-state index in [1.807, 2.05) is 18.3 Å². The van der Waals surface area contributed by atoms with Crippen LogP contribution >= 0.6 is 0 Å². The van der Waals surface area contributed by atoms with Gasteiger partial charge in [-0.2, -0.15) is 0 Å². The molecule has 5 rings (SSSR count). The summed E-state index contributed by atoms with van der Waals surface area (Å²) in [6.45, 7) is 7.59. The highest BCUT2D eigenvalue weighted by Crippen LogP contribution is 2.61. The van der Waals surface area contributed by atoms with Crippen LogP contribution < -0.4 is 10.2 Å². The molecule has 0 unspecified atom stereocenters. The molecule has 3 saturated carbocycles. The number of hydrogen-bond donors (Lipinski definition) is 1. The van der Waals surface area contributed by atoms with E-state index in [1.165, 1.54) is 19.3 Å². The maximum absolute atomic E-state index is 12.6. The summed E-state index contributed by atoms with van der Waals surface area (Å²) < 4.78 is 0. The number of aromatic nitrogens is 1. The molecule has 4 heteroatoms. The summed E-state index contributed by atoms with van der Waals surface area (Å²) in [6.07, 6.45) is 7.75. The molecule has 3 aliphatic carbocycles. The van der Waals surface area contributed by atoms with Gasteiger partial charge in [-0.1, -0.05) is 19.9 Å². The summed E-state index contributed by atoms with van der Waals surface area (Å²) in [7, 11) is 0. The Bertz CT molecular complexity index is 605. The Hall–Kier alpha value is -1.58. The number of nitrogens with zero attached hydrogens (tertiary/aromatic N) is 2. The number of fused-ring (bicyclic) bond motifs is 2. The van der Waals surface area contributed by atoms with E-state index in [0.717, 1.165) is 50.1 Å². The number of carbonyl (C=O) groups is 1. The van der Waals surface area contributed by atoms with Crippen LogP contribution in [-0.4, -0.2) is 30.5 Å². The zero-order chi connectivity index (χ0) is 17.4. The van der Waals surface area contributed by atoms with Gasteiger partial charge >= 0.3 is 0 Å². The summed E-state index contributed by atoms with van der Waals surface area (Å²) in [5.41, 5.74) is 0.502. The summed E-state index contributed by atoms with van der Waals surface area (Å²) in [5.74, 6) is 3.92. The SMILES string of the molecule is CC1(C)[C@H]2CC[C@@H](CNC(=O)C3CCN(c4ccccn4)CC3)[C@@H]1C2. The first kappa shape index (κ1) is 16.9. The fourth-order valence-corrected chi connectivity index (χ4v) is 5.49. The molecular weight excluding hydrogens is 310 g/mol. The summed E-state index contributed by atoms with van der Waals surface area (Å²) in [6, 6.07) is 6.02. The first-order valence-corrected chi connectivity index (χ1v) is 9.99. The number of nitrogens with one attached hydrogen (secondary N) is 1. The van der Waals surface area contributed by atoms with Crippen molar-refractivity contribution in [2.45, 2.75) is 46.0 Å². The van der Waals surface area contributed by atoms with E-state index in [-0.39, 0.29) is 11.8 Å². The second-order valence-corrected chi connectivity index (χ2v) is 8.89. The van der Waals surface area contributed by atoms with E-state index in [4.69, 9.17) is 0 Å². The van der Waals surface area contributed by atoms with Gasteiger partial charge in [0.1, 0.15) is 5.82 Å². The predicted octanol–water partition coefficient (Wildman–Crippen LogP) is 3.49. The number of piperidine rings is 1. The number of anilines is 1. The minimum absolute atomic E-state index is 0.172. The topological polar surface area (TPSA) is 45.2 Å². The number of hydrogen-bond acceptors (Lipinski definition) is 3. The van der Waals surface area contributed by atoms with Crippen LogP contribution in [-0.2, 0) is 4.79 Å². The Labute approximate surface area is 151 Å². The monoisotopic (exact) mass is 341 g/mol. The molecule has 4 fully saturated rings. The summed E-state index contributed by atoms with van der Waals surface area (Å²) >= 11 is 0. The smallest absolute Gasteiger partial charge is 0.223 e. The van der Waals surface area contributed by atoms with E-state index in [2.05, 4.69) is 35.1 Å². The summed E-state index contributed by atoms with van der Waals surface area (Å²) in [4.78, 5) is 19.3. The Kier molecular flexibility index (Phi) is 4.47. The summed E-state index contributed by atoms with van der Waals surface area (Å²) in [5, 5.41) is 3.30. The maximum atomic E-state index is 12.6. The van der Waals surface area contributed by atoms with Crippen molar-refractivity contribution < 1.29 is 4.79 Å². The van der Waals surface area contributed by atoms with Gasteiger partial charge in [-0.3, -0.25) is 4.79 Å². The van der Waals surface area contributed by atoms with Gasteiger partial charge in [0.2, 0.25) is 5.91 Å². The molecule has 3 atom stereocenters. The van der Waals surface area contributed by atoms with Crippen LogP contribution in [0.25, 0.3) is 0 Å². The zero-order valence-corrected chi connectivity index (χ0v) is 15.6. The first-order valence-electron chi connectivity index (χ1n) is 9.99.